The standard InChI is InChI=1S/C52H31N3O2/c1-3-14-32(15-4-1)33-26-28-35(29-27-33)50-53-49(34-16-5-2-6-17-34)54-51(55-50)39-21-13-20-38-40-30-44-47(31-46(40)57-48(38)39)56-45-25-12-11-24-43(45)52(44)41-22-9-7-18-36(41)37-19-8-10-23-42(37)52/h1-31H. The number of fused-ring (bicyclic) bond motifs is 12. The van der Waals surface area contributed by atoms with Gasteiger partial charge in [-0.3, -0.25) is 0 Å². The number of hydrogen-bond donors (Lipinski definition) is 0. The lowest BCUT2D eigenvalue weighted by Gasteiger charge is -2.39. The van der Waals surface area contributed by atoms with E-state index in [4.69, 9.17) is 24.1 Å². The number of hydrogen-bond acceptors (Lipinski definition) is 5. The minimum absolute atomic E-state index is 0.541. The average Bonchev–Trinajstić information content (AvgIpc) is 3.80. The fourth-order valence-corrected chi connectivity index (χ4v) is 9.11. The van der Waals surface area contributed by atoms with Gasteiger partial charge < -0.3 is 9.15 Å². The molecule has 10 aromatic rings. The Labute approximate surface area is 328 Å². The Morgan fingerprint density at radius 3 is 1.58 bits per heavy atom. The summed E-state index contributed by atoms with van der Waals surface area (Å²) in [5.41, 5.74) is 13.0. The Hall–Kier alpha value is -7.63. The molecule has 0 bridgehead atoms. The zero-order valence-electron chi connectivity index (χ0n) is 30.6. The first kappa shape index (κ1) is 31.7. The van der Waals surface area contributed by atoms with Crippen LogP contribution in [0.5, 0.6) is 11.5 Å². The molecule has 3 heterocycles. The number of aromatic nitrogens is 3. The van der Waals surface area contributed by atoms with E-state index in [1.54, 1.807) is 0 Å². The molecule has 1 aliphatic heterocycles. The molecule has 0 saturated heterocycles. The molecule has 1 spiro atoms. The van der Waals surface area contributed by atoms with Crippen LogP contribution < -0.4 is 4.74 Å². The summed E-state index contributed by atoms with van der Waals surface area (Å²) in [5, 5.41) is 1.98. The van der Waals surface area contributed by atoms with Gasteiger partial charge in [0.05, 0.1) is 11.0 Å². The molecule has 0 fully saturated rings. The molecule has 2 aromatic heterocycles. The summed E-state index contributed by atoms with van der Waals surface area (Å²) in [6.07, 6.45) is 0. The minimum atomic E-state index is -0.573. The van der Waals surface area contributed by atoms with Gasteiger partial charge >= 0.3 is 0 Å². The first-order valence-electron chi connectivity index (χ1n) is 19.2. The van der Waals surface area contributed by atoms with Gasteiger partial charge in [0.15, 0.2) is 17.5 Å². The maximum absolute atomic E-state index is 6.86. The fourth-order valence-electron chi connectivity index (χ4n) is 9.11. The van der Waals surface area contributed by atoms with Gasteiger partial charge in [0.2, 0.25) is 0 Å². The summed E-state index contributed by atoms with van der Waals surface area (Å²) in [5.74, 6) is 3.35. The van der Waals surface area contributed by atoms with Gasteiger partial charge in [-0.05, 0) is 51.6 Å². The van der Waals surface area contributed by atoms with Crippen molar-refractivity contribution in [3.8, 4) is 67.9 Å². The highest BCUT2D eigenvalue weighted by molar-refractivity contribution is 6.10. The first-order chi connectivity index (χ1) is 28.2. The van der Waals surface area contributed by atoms with Crippen molar-refractivity contribution in [1.29, 1.82) is 0 Å². The van der Waals surface area contributed by atoms with Crippen LogP contribution in [0.3, 0.4) is 0 Å². The quantitative estimate of drug-likeness (QED) is 0.180. The van der Waals surface area contributed by atoms with Crippen LogP contribution in [0.4, 0.5) is 0 Å². The van der Waals surface area contributed by atoms with Crippen molar-refractivity contribution in [2.45, 2.75) is 5.41 Å². The Morgan fingerprint density at radius 1 is 0.351 bits per heavy atom. The van der Waals surface area contributed by atoms with E-state index >= 15 is 0 Å². The van der Waals surface area contributed by atoms with Crippen LogP contribution in [0.25, 0.3) is 78.4 Å². The van der Waals surface area contributed by atoms with Gasteiger partial charge in [-0.15, -0.1) is 0 Å². The van der Waals surface area contributed by atoms with Crippen molar-refractivity contribution in [2.75, 3.05) is 0 Å². The van der Waals surface area contributed by atoms with E-state index < -0.39 is 5.41 Å². The van der Waals surface area contributed by atoms with Crippen LogP contribution >= 0.6 is 0 Å². The van der Waals surface area contributed by atoms with E-state index in [9.17, 15) is 0 Å². The Bertz CT molecular complexity index is 3160. The molecule has 0 radical (unpaired) electrons. The number of rotatable bonds is 4. The molecule has 0 saturated carbocycles. The Kier molecular flexibility index (Phi) is 6.78. The van der Waals surface area contributed by atoms with Crippen LogP contribution in [-0.2, 0) is 5.41 Å². The number of para-hydroxylation sites is 2. The maximum Gasteiger partial charge on any atom is 0.167 e. The lowest BCUT2D eigenvalue weighted by atomic mass is 9.66. The normalized spacial score (nSPS) is 13.2. The van der Waals surface area contributed by atoms with Gasteiger partial charge in [0.1, 0.15) is 22.7 Å². The van der Waals surface area contributed by atoms with E-state index in [0.717, 1.165) is 66.8 Å². The molecule has 5 nitrogen and oxygen atoms in total. The predicted molar refractivity (Wildman–Crippen MR) is 226 cm³/mol. The van der Waals surface area contributed by atoms with Crippen molar-refractivity contribution in [2.24, 2.45) is 0 Å². The number of furan rings is 1. The lowest BCUT2D eigenvalue weighted by Crippen LogP contribution is -2.32. The monoisotopic (exact) mass is 729 g/mol. The van der Waals surface area contributed by atoms with Crippen LogP contribution in [-0.4, -0.2) is 15.0 Å². The van der Waals surface area contributed by atoms with Crippen LogP contribution in [0.1, 0.15) is 22.3 Å². The number of benzene rings is 8. The number of ether oxygens (including phenoxy) is 1. The molecule has 0 amide bonds. The highest BCUT2D eigenvalue weighted by atomic mass is 16.5. The molecule has 0 unspecified atom stereocenters. The van der Waals surface area contributed by atoms with E-state index in [1.165, 1.54) is 22.3 Å². The van der Waals surface area contributed by atoms with E-state index in [-0.39, 0.29) is 0 Å². The fraction of sp³-hybridized carbons (Fsp3) is 0.0192. The lowest BCUT2D eigenvalue weighted by molar-refractivity contribution is 0.436. The van der Waals surface area contributed by atoms with Gasteiger partial charge in [0, 0.05) is 39.1 Å². The summed E-state index contributed by atoms with van der Waals surface area (Å²) in [6.45, 7) is 0. The van der Waals surface area contributed by atoms with Gasteiger partial charge in [-0.1, -0.05) is 164 Å². The van der Waals surface area contributed by atoms with E-state index in [0.29, 0.717) is 23.1 Å². The molecule has 12 rings (SSSR count). The molecular weight excluding hydrogens is 699 g/mol. The maximum atomic E-state index is 6.86. The van der Waals surface area contributed by atoms with Gasteiger partial charge in [-0.2, -0.15) is 0 Å². The highest BCUT2D eigenvalue weighted by Gasteiger charge is 2.51. The molecule has 1 aliphatic carbocycles. The molecular formula is C52H31N3O2. The molecule has 0 atom stereocenters. The third kappa shape index (κ3) is 4.66. The van der Waals surface area contributed by atoms with Crippen molar-refractivity contribution in [1.82, 2.24) is 15.0 Å². The molecule has 5 heteroatoms. The number of nitrogens with zero attached hydrogens (tertiary/aromatic N) is 3. The second-order valence-corrected chi connectivity index (χ2v) is 14.7. The largest absolute Gasteiger partial charge is 0.457 e. The SMILES string of the molecule is c1ccc(-c2ccc(-c3nc(-c4ccccc4)nc(-c4cccc5c4oc4cc6c(cc45)C4(c5ccccc5O6)c5ccccc5-c5ccccc54)n3)cc2)cc1. The summed E-state index contributed by atoms with van der Waals surface area (Å²) in [4.78, 5) is 15.2. The third-order valence-corrected chi connectivity index (χ3v) is 11.6. The first-order valence-corrected chi connectivity index (χ1v) is 19.2. The van der Waals surface area contributed by atoms with Crippen molar-refractivity contribution in [3.63, 3.8) is 0 Å². The Morgan fingerprint density at radius 2 is 0.877 bits per heavy atom. The zero-order chi connectivity index (χ0) is 37.5. The van der Waals surface area contributed by atoms with Crippen LogP contribution in [0.15, 0.2) is 192 Å². The van der Waals surface area contributed by atoms with Crippen LogP contribution in [0, 0.1) is 0 Å². The van der Waals surface area contributed by atoms with Gasteiger partial charge in [0.25, 0.3) is 0 Å². The van der Waals surface area contributed by atoms with E-state index in [1.807, 2.05) is 48.5 Å². The molecule has 2 aliphatic rings. The second kappa shape index (κ2) is 12.2. The minimum Gasteiger partial charge on any atom is -0.457 e. The smallest absolute Gasteiger partial charge is 0.167 e. The zero-order valence-corrected chi connectivity index (χ0v) is 30.6. The topological polar surface area (TPSA) is 61.0 Å². The summed E-state index contributed by atoms with van der Waals surface area (Å²) in [6, 6.07) is 65.4. The van der Waals surface area contributed by atoms with Crippen LogP contribution in [0.2, 0.25) is 0 Å². The van der Waals surface area contributed by atoms with Gasteiger partial charge in [-0.25, -0.2) is 15.0 Å². The Balaban J connectivity index is 1.07. The average molecular weight is 730 g/mol. The van der Waals surface area contributed by atoms with E-state index in [2.05, 4.69) is 140 Å². The van der Waals surface area contributed by atoms with Crippen molar-refractivity contribution >= 4 is 21.9 Å². The summed E-state index contributed by atoms with van der Waals surface area (Å²) >= 11 is 0. The van der Waals surface area contributed by atoms with Crippen molar-refractivity contribution < 1.29 is 9.15 Å². The second-order valence-electron chi connectivity index (χ2n) is 14.7. The molecule has 57 heavy (non-hydrogen) atoms. The molecule has 266 valence electrons. The molecule has 0 N–H and O–H groups in total. The molecule has 8 aromatic carbocycles. The van der Waals surface area contributed by atoms with Crippen molar-refractivity contribution in [3.05, 3.63) is 210 Å². The summed E-state index contributed by atoms with van der Waals surface area (Å²) in [7, 11) is 0. The third-order valence-electron chi connectivity index (χ3n) is 11.6. The highest BCUT2D eigenvalue weighted by Crippen LogP contribution is 2.62. The predicted octanol–water partition coefficient (Wildman–Crippen LogP) is 12.9. The summed E-state index contributed by atoms with van der Waals surface area (Å²) < 4.78 is 13.6.